The molecule has 7 nitrogen and oxygen atoms in total. The van der Waals surface area contributed by atoms with E-state index in [9.17, 15) is 4.79 Å². The van der Waals surface area contributed by atoms with E-state index in [1.807, 2.05) is 32.0 Å². The predicted octanol–water partition coefficient (Wildman–Crippen LogP) is 2.57. The Morgan fingerprint density at radius 1 is 1.12 bits per heavy atom. The van der Waals surface area contributed by atoms with E-state index in [1.54, 1.807) is 14.0 Å². The standard InChI is InChI=1S/C18H21N5O2/c1-10-5-6-13-11(2)19-17(21-15(13)9-10)23-18-20-12(3)14(7-8-25-4)16(24)22-18/h5-6,9H,7-8H2,1-4H3,(H2,19,20,21,22,23,24). The Labute approximate surface area is 145 Å². The molecule has 7 heteroatoms. The van der Waals surface area contributed by atoms with Gasteiger partial charge in [0.2, 0.25) is 11.9 Å². The van der Waals surface area contributed by atoms with Crippen LogP contribution in [-0.4, -0.2) is 33.7 Å². The molecule has 0 aliphatic carbocycles. The van der Waals surface area contributed by atoms with Crippen LogP contribution in [0.15, 0.2) is 23.0 Å². The molecule has 0 bridgehead atoms. The number of ether oxygens (including phenoxy) is 1. The maximum absolute atomic E-state index is 12.2. The Morgan fingerprint density at radius 2 is 1.92 bits per heavy atom. The Hall–Kier alpha value is -2.80. The maximum atomic E-state index is 12.2. The average Bonchev–Trinajstić information content (AvgIpc) is 2.53. The number of benzene rings is 1. The first kappa shape index (κ1) is 17.0. The number of aryl methyl sites for hydroxylation is 3. The molecule has 130 valence electrons. The number of methoxy groups -OCH3 is 1. The predicted molar refractivity (Wildman–Crippen MR) is 97.5 cm³/mol. The Kier molecular flexibility index (Phi) is 4.76. The van der Waals surface area contributed by atoms with Crippen LogP contribution in [0.4, 0.5) is 11.9 Å². The molecular weight excluding hydrogens is 318 g/mol. The van der Waals surface area contributed by atoms with Gasteiger partial charge in [-0.1, -0.05) is 12.1 Å². The van der Waals surface area contributed by atoms with Gasteiger partial charge in [0.1, 0.15) is 0 Å². The van der Waals surface area contributed by atoms with Crippen LogP contribution in [0.25, 0.3) is 10.9 Å². The lowest BCUT2D eigenvalue weighted by atomic mass is 10.1. The van der Waals surface area contributed by atoms with E-state index in [2.05, 4.69) is 25.3 Å². The van der Waals surface area contributed by atoms with Crippen molar-refractivity contribution in [2.45, 2.75) is 27.2 Å². The van der Waals surface area contributed by atoms with Gasteiger partial charge in [0.25, 0.3) is 5.56 Å². The van der Waals surface area contributed by atoms with Crippen molar-refractivity contribution < 1.29 is 4.74 Å². The van der Waals surface area contributed by atoms with Crippen LogP contribution in [0.3, 0.4) is 0 Å². The summed E-state index contributed by atoms with van der Waals surface area (Å²) in [4.78, 5) is 28.4. The van der Waals surface area contributed by atoms with Crippen molar-refractivity contribution in [2.75, 3.05) is 19.0 Å². The van der Waals surface area contributed by atoms with E-state index in [1.165, 1.54) is 0 Å². The number of aromatic nitrogens is 4. The van der Waals surface area contributed by atoms with Crippen LogP contribution in [0, 0.1) is 20.8 Å². The van der Waals surface area contributed by atoms with E-state index in [4.69, 9.17) is 4.74 Å². The normalized spacial score (nSPS) is 11.0. The number of hydrogen-bond acceptors (Lipinski definition) is 6. The summed E-state index contributed by atoms with van der Waals surface area (Å²) in [6.45, 7) is 6.23. The summed E-state index contributed by atoms with van der Waals surface area (Å²) in [6, 6.07) is 6.05. The molecule has 1 aromatic carbocycles. The number of hydrogen-bond donors (Lipinski definition) is 2. The summed E-state index contributed by atoms with van der Waals surface area (Å²) < 4.78 is 5.03. The Bertz CT molecular complexity index is 981. The highest BCUT2D eigenvalue weighted by Crippen LogP contribution is 2.19. The fourth-order valence-electron chi connectivity index (χ4n) is 2.73. The van der Waals surface area contributed by atoms with Crippen LogP contribution >= 0.6 is 0 Å². The molecule has 0 unspecified atom stereocenters. The third-order valence-electron chi connectivity index (χ3n) is 4.05. The first-order valence-corrected chi connectivity index (χ1v) is 8.08. The summed E-state index contributed by atoms with van der Waals surface area (Å²) in [6.07, 6.45) is 0.524. The second-order valence-electron chi connectivity index (χ2n) is 6.00. The van der Waals surface area contributed by atoms with Gasteiger partial charge in [-0.25, -0.2) is 15.0 Å². The largest absolute Gasteiger partial charge is 0.384 e. The molecule has 0 atom stereocenters. The number of nitrogens with one attached hydrogen (secondary N) is 2. The van der Waals surface area contributed by atoms with Crippen molar-refractivity contribution in [1.29, 1.82) is 0 Å². The Morgan fingerprint density at radius 3 is 2.64 bits per heavy atom. The van der Waals surface area contributed by atoms with Crippen LogP contribution in [-0.2, 0) is 11.2 Å². The molecule has 25 heavy (non-hydrogen) atoms. The minimum Gasteiger partial charge on any atom is -0.384 e. The van der Waals surface area contributed by atoms with Gasteiger partial charge in [-0.2, -0.15) is 0 Å². The molecule has 0 aliphatic heterocycles. The summed E-state index contributed by atoms with van der Waals surface area (Å²) in [5.41, 5.74) is 3.95. The zero-order chi connectivity index (χ0) is 18.0. The van der Waals surface area contributed by atoms with Crippen molar-refractivity contribution in [2.24, 2.45) is 0 Å². The summed E-state index contributed by atoms with van der Waals surface area (Å²) in [7, 11) is 1.61. The maximum Gasteiger partial charge on any atom is 0.255 e. The van der Waals surface area contributed by atoms with Crippen molar-refractivity contribution in [3.8, 4) is 0 Å². The molecule has 2 aromatic heterocycles. The first-order valence-electron chi connectivity index (χ1n) is 8.08. The van der Waals surface area contributed by atoms with Crippen molar-refractivity contribution in [3.05, 3.63) is 51.1 Å². The molecule has 0 spiro atoms. The first-order chi connectivity index (χ1) is 12.0. The second kappa shape index (κ2) is 6.98. The van der Waals surface area contributed by atoms with Gasteiger partial charge >= 0.3 is 0 Å². The third kappa shape index (κ3) is 3.66. The number of H-pyrrole nitrogens is 1. The lowest BCUT2D eigenvalue weighted by Gasteiger charge is -2.10. The molecule has 3 aromatic rings. The molecule has 3 rings (SSSR count). The van der Waals surface area contributed by atoms with Crippen LogP contribution < -0.4 is 10.9 Å². The van der Waals surface area contributed by atoms with E-state index >= 15 is 0 Å². The van der Waals surface area contributed by atoms with Gasteiger partial charge < -0.3 is 4.74 Å². The van der Waals surface area contributed by atoms with Gasteiger partial charge in [0.15, 0.2) is 0 Å². The van der Waals surface area contributed by atoms with Crippen LogP contribution in [0.2, 0.25) is 0 Å². The lowest BCUT2D eigenvalue weighted by molar-refractivity contribution is 0.202. The summed E-state index contributed by atoms with van der Waals surface area (Å²) in [5, 5.41) is 4.00. The topological polar surface area (TPSA) is 92.8 Å². The number of aromatic amines is 1. The summed E-state index contributed by atoms with van der Waals surface area (Å²) in [5.74, 6) is 0.734. The van der Waals surface area contributed by atoms with Crippen molar-refractivity contribution >= 4 is 22.8 Å². The highest BCUT2D eigenvalue weighted by Gasteiger charge is 2.10. The van der Waals surface area contributed by atoms with Crippen molar-refractivity contribution in [3.63, 3.8) is 0 Å². The quantitative estimate of drug-likeness (QED) is 0.742. The molecule has 0 radical (unpaired) electrons. The lowest BCUT2D eigenvalue weighted by Crippen LogP contribution is -2.20. The summed E-state index contributed by atoms with van der Waals surface area (Å²) >= 11 is 0. The highest BCUT2D eigenvalue weighted by molar-refractivity contribution is 5.82. The number of rotatable bonds is 5. The number of fused-ring (bicyclic) bond motifs is 1. The molecule has 0 aliphatic rings. The van der Waals surface area contributed by atoms with Crippen molar-refractivity contribution in [1.82, 2.24) is 19.9 Å². The molecule has 0 fully saturated rings. The minimum absolute atomic E-state index is 0.180. The Balaban J connectivity index is 1.94. The molecular formula is C18H21N5O2. The van der Waals surface area contributed by atoms with Gasteiger partial charge in [-0.15, -0.1) is 0 Å². The third-order valence-corrected chi connectivity index (χ3v) is 4.05. The van der Waals surface area contributed by atoms with Gasteiger partial charge in [-0.3, -0.25) is 15.1 Å². The molecule has 0 saturated carbocycles. The average molecular weight is 339 g/mol. The van der Waals surface area contributed by atoms with Gasteiger partial charge in [-0.05, 0) is 32.4 Å². The van der Waals surface area contributed by atoms with Gasteiger partial charge in [0.05, 0.1) is 23.5 Å². The molecule has 0 amide bonds. The number of anilines is 2. The molecule has 0 saturated heterocycles. The van der Waals surface area contributed by atoms with Crippen LogP contribution in [0.5, 0.6) is 0 Å². The van der Waals surface area contributed by atoms with E-state index < -0.39 is 0 Å². The zero-order valence-corrected chi connectivity index (χ0v) is 14.8. The molecule has 2 N–H and O–H groups in total. The monoisotopic (exact) mass is 339 g/mol. The smallest absolute Gasteiger partial charge is 0.255 e. The van der Waals surface area contributed by atoms with E-state index in [0.29, 0.717) is 36.2 Å². The van der Waals surface area contributed by atoms with Gasteiger partial charge in [0, 0.05) is 24.5 Å². The fourth-order valence-corrected chi connectivity index (χ4v) is 2.73. The second-order valence-corrected chi connectivity index (χ2v) is 6.00. The van der Waals surface area contributed by atoms with Crippen LogP contribution in [0.1, 0.15) is 22.5 Å². The SMILES string of the molecule is COCCc1c(C)nc(Nc2nc(C)c3ccc(C)cc3n2)[nH]c1=O. The fraction of sp³-hybridized carbons (Fsp3) is 0.333. The highest BCUT2D eigenvalue weighted by atomic mass is 16.5. The van der Waals surface area contributed by atoms with E-state index in [-0.39, 0.29) is 5.56 Å². The number of nitrogens with zero attached hydrogens (tertiary/aromatic N) is 3. The zero-order valence-electron chi connectivity index (χ0n) is 14.8. The molecule has 2 heterocycles. The van der Waals surface area contributed by atoms with E-state index in [0.717, 1.165) is 22.2 Å². The minimum atomic E-state index is -0.180.